The third-order valence-corrected chi connectivity index (χ3v) is 2.80. The van der Waals surface area contributed by atoms with Crippen LogP contribution < -0.4 is 5.32 Å². The standard InChI is InChI=1S/C14H18F3N/c1-4-7-12(10(2)3)18-13-9-6-5-8-11(13)14(15,16)17/h4-6,8-10,12,18H,1,7H2,2-3H3. The molecule has 0 aliphatic rings. The Kier molecular flexibility index (Phi) is 4.82. The molecule has 0 radical (unpaired) electrons. The van der Waals surface area contributed by atoms with E-state index in [1.54, 1.807) is 12.1 Å². The van der Waals surface area contributed by atoms with Crippen LogP contribution in [-0.4, -0.2) is 6.04 Å². The Bertz CT molecular complexity index is 396. The van der Waals surface area contributed by atoms with Crippen LogP contribution in [-0.2, 0) is 6.18 Å². The van der Waals surface area contributed by atoms with Crippen LogP contribution in [0.4, 0.5) is 18.9 Å². The van der Waals surface area contributed by atoms with Gasteiger partial charge in [0.25, 0.3) is 0 Å². The van der Waals surface area contributed by atoms with Gasteiger partial charge in [0.15, 0.2) is 0 Å². The van der Waals surface area contributed by atoms with Crippen molar-refractivity contribution in [2.45, 2.75) is 32.5 Å². The summed E-state index contributed by atoms with van der Waals surface area (Å²) in [7, 11) is 0. The first-order chi connectivity index (χ1) is 8.36. The second-order valence-corrected chi connectivity index (χ2v) is 4.56. The molecule has 1 aromatic carbocycles. The highest BCUT2D eigenvalue weighted by Crippen LogP contribution is 2.35. The van der Waals surface area contributed by atoms with Crippen molar-refractivity contribution in [2.24, 2.45) is 5.92 Å². The van der Waals surface area contributed by atoms with Crippen molar-refractivity contribution < 1.29 is 13.2 Å². The Morgan fingerprint density at radius 1 is 1.28 bits per heavy atom. The predicted octanol–water partition coefficient (Wildman–Crippen LogP) is 4.72. The van der Waals surface area contributed by atoms with Crippen LogP contribution in [0.15, 0.2) is 36.9 Å². The van der Waals surface area contributed by atoms with E-state index < -0.39 is 11.7 Å². The summed E-state index contributed by atoms with van der Waals surface area (Å²) in [6, 6.07) is 5.50. The summed E-state index contributed by atoms with van der Waals surface area (Å²) in [6.07, 6.45) is -1.99. The van der Waals surface area contributed by atoms with Gasteiger partial charge in [0.1, 0.15) is 0 Å². The number of hydrogen-bond donors (Lipinski definition) is 1. The number of hydrogen-bond acceptors (Lipinski definition) is 1. The van der Waals surface area contributed by atoms with Gasteiger partial charge in [0.05, 0.1) is 5.56 Å². The maximum Gasteiger partial charge on any atom is 0.418 e. The summed E-state index contributed by atoms with van der Waals surface area (Å²) < 4.78 is 38.5. The van der Waals surface area contributed by atoms with Crippen LogP contribution in [0.1, 0.15) is 25.8 Å². The quantitative estimate of drug-likeness (QED) is 0.753. The Morgan fingerprint density at radius 3 is 2.39 bits per heavy atom. The molecule has 1 rings (SSSR count). The fourth-order valence-electron chi connectivity index (χ4n) is 1.73. The molecule has 1 unspecified atom stereocenters. The molecule has 1 atom stereocenters. The Balaban J connectivity index is 2.99. The second-order valence-electron chi connectivity index (χ2n) is 4.56. The van der Waals surface area contributed by atoms with E-state index in [-0.39, 0.29) is 17.6 Å². The SMILES string of the molecule is C=CCC(Nc1ccccc1C(F)(F)F)C(C)C. The first-order valence-corrected chi connectivity index (χ1v) is 5.90. The van der Waals surface area contributed by atoms with Gasteiger partial charge in [-0.1, -0.05) is 32.1 Å². The Hall–Kier alpha value is -1.45. The van der Waals surface area contributed by atoms with Gasteiger partial charge in [-0.25, -0.2) is 0 Å². The molecule has 0 amide bonds. The monoisotopic (exact) mass is 257 g/mol. The summed E-state index contributed by atoms with van der Waals surface area (Å²) in [6.45, 7) is 7.57. The van der Waals surface area contributed by atoms with E-state index in [1.807, 2.05) is 13.8 Å². The summed E-state index contributed by atoms with van der Waals surface area (Å²) in [5.74, 6) is 0.226. The summed E-state index contributed by atoms with van der Waals surface area (Å²) in [5.41, 5.74) is -0.495. The Morgan fingerprint density at radius 2 is 1.89 bits per heavy atom. The normalized spacial score (nSPS) is 13.4. The minimum atomic E-state index is -4.33. The van der Waals surface area contributed by atoms with Gasteiger partial charge in [-0.3, -0.25) is 0 Å². The van der Waals surface area contributed by atoms with Crippen molar-refractivity contribution in [2.75, 3.05) is 5.32 Å². The molecule has 1 nitrogen and oxygen atoms in total. The second kappa shape index (κ2) is 5.94. The van der Waals surface area contributed by atoms with Crippen molar-refractivity contribution in [1.29, 1.82) is 0 Å². The van der Waals surface area contributed by atoms with E-state index in [2.05, 4.69) is 11.9 Å². The van der Waals surface area contributed by atoms with Crippen molar-refractivity contribution in [3.05, 3.63) is 42.5 Å². The van der Waals surface area contributed by atoms with Crippen molar-refractivity contribution in [3.8, 4) is 0 Å². The average Bonchev–Trinajstić information content (AvgIpc) is 2.27. The van der Waals surface area contributed by atoms with Crippen LogP contribution in [0, 0.1) is 5.92 Å². The lowest BCUT2D eigenvalue weighted by Gasteiger charge is -2.24. The number of rotatable bonds is 5. The van der Waals surface area contributed by atoms with Gasteiger partial charge < -0.3 is 5.32 Å². The molecular formula is C14H18F3N. The van der Waals surface area contributed by atoms with Crippen molar-refractivity contribution >= 4 is 5.69 Å². The lowest BCUT2D eigenvalue weighted by molar-refractivity contribution is -0.137. The molecule has 0 saturated heterocycles. The van der Waals surface area contributed by atoms with E-state index in [0.29, 0.717) is 6.42 Å². The van der Waals surface area contributed by atoms with E-state index in [0.717, 1.165) is 6.07 Å². The van der Waals surface area contributed by atoms with E-state index in [9.17, 15) is 13.2 Å². The first kappa shape index (κ1) is 14.6. The van der Waals surface area contributed by atoms with Gasteiger partial charge in [0, 0.05) is 11.7 Å². The minimum absolute atomic E-state index is 0.0500. The van der Waals surface area contributed by atoms with E-state index >= 15 is 0 Å². The molecule has 0 bridgehead atoms. The lowest BCUT2D eigenvalue weighted by Crippen LogP contribution is -2.26. The molecule has 1 aromatic rings. The van der Waals surface area contributed by atoms with Crippen LogP contribution in [0.2, 0.25) is 0 Å². The minimum Gasteiger partial charge on any atom is -0.381 e. The first-order valence-electron chi connectivity index (χ1n) is 5.90. The number of para-hydroxylation sites is 1. The van der Waals surface area contributed by atoms with Crippen LogP contribution >= 0.6 is 0 Å². The van der Waals surface area contributed by atoms with Crippen LogP contribution in [0.5, 0.6) is 0 Å². The molecule has 18 heavy (non-hydrogen) atoms. The van der Waals surface area contributed by atoms with Gasteiger partial charge in [0.2, 0.25) is 0 Å². The van der Waals surface area contributed by atoms with E-state index in [1.165, 1.54) is 12.1 Å². The van der Waals surface area contributed by atoms with Gasteiger partial charge >= 0.3 is 6.18 Å². The van der Waals surface area contributed by atoms with Gasteiger partial charge in [-0.2, -0.15) is 13.2 Å². The fraction of sp³-hybridized carbons (Fsp3) is 0.429. The molecule has 100 valence electrons. The number of alkyl halides is 3. The van der Waals surface area contributed by atoms with Crippen LogP contribution in [0.3, 0.4) is 0 Å². The van der Waals surface area contributed by atoms with Gasteiger partial charge in [-0.15, -0.1) is 6.58 Å². The van der Waals surface area contributed by atoms with E-state index in [4.69, 9.17) is 0 Å². The van der Waals surface area contributed by atoms with Crippen molar-refractivity contribution in [1.82, 2.24) is 0 Å². The number of nitrogens with one attached hydrogen (secondary N) is 1. The molecule has 0 fully saturated rings. The number of anilines is 1. The number of halogens is 3. The lowest BCUT2D eigenvalue weighted by atomic mass is 10.00. The maximum atomic E-state index is 12.8. The van der Waals surface area contributed by atoms with Crippen LogP contribution in [0.25, 0.3) is 0 Å². The highest BCUT2D eigenvalue weighted by Gasteiger charge is 2.33. The predicted molar refractivity (Wildman–Crippen MR) is 68.5 cm³/mol. The molecule has 0 saturated carbocycles. The average molecular weight is 257 g/mol. The molecule has 0 aromatic heterocycles. The summed E-state index contributed by atoms with van der Waals surface area (Å²) >= 11 is 0. The summed E-state index contributed by atoms with van der Waals surface area (Å²) in [4.78, 5) is 0. The fourth-order valence-corrected chi connectivity index (χ4v) is 1.73. The topological polar surface area (TPSA) is 12.0 Å². The molecule has 0 spiro atoms. The maximum absolute atomic E-state index is 12.8. The molecule has 1 N–H and O–H groups in total. The van der Waals surface area contributed by atoms with Crippen molar-refractivity contribution in [3.63, 3.8) is 0 Å². The molecule has 0 aliphatic heterocycles. The molecular weight excluding hydrogens is 239 g/mol. The van der Waals surface area contributed by atoms with Gasteiger partial charge in [-0.05, 0) is 24.5 Å². The zero-order chi connectivity index (χ0) is 13.8. The molecule has 4 heteroatoms. The Labute approximate surface area is 106 Å². The summed E-state index contributed by atoms with van der Waals surface area (Å²) in [5, 5.41) is 2.96. The molecule has 0 aliphatic carbocycles. The third-order valence-electron chi connectivity index (χ3n) is 2.80. The smallest absolute Gasteiger partial charge is 0.381 e. The zero-order valence-electron chi connectivity index (χ0n) is 10.6. The molecule has 0 heterocycles. The highest BCUT2D eigenvalue weighted by atomic mass is 19.4. The zero-order valence-corrected chi connectivity index (χ0v) is 10.6. The number of benzene rings is 1. The highest BCUT2D eigenvalue weighted by molar-refractivity contribution is 5.53. The third kappa shape index (κ3) is 3.79. The largest absolute Gasteiger partial charge is 0.418 e.